The molecular formula is C8H10ClN5O2. The minimum atomic E-state index is -0.0678. The van der Waals surface area contributed by atoms with Crippen LogP contribution in [0.4, 0.5) is 5.95 Å². The summed E-state index contributed by atoms with van der Waals surface area (Å²) in [6, 6.07) is 0.140. The highest BCUT2D eigenvalue weighted by atomic mass is 35.5. The fraction of sp³-hybridized carbons (Fsp3) is 0.500. The van der Waals surface area contributed by atoms with Crippen molar-refractivity contribution in [3.63, 3.8) is 0 Å². The monoisotopic (exact) mass is 243 g/mol. The first-order valence-corrected chi connectivity index (χ1v) is 5.04. The molecule has 1 aromatic heterocycles. The van der Waals surface area contributed by atoms with Gasteiger partial charge >= 0.3 is 6.01 Å². The quantitative estimate of drug-likeness (QED) is 0.752. The number of hydrogen-bond acceptors (Lipinski definition) is 6. The van der Waals surface area contributed by atoms with Crippen LogP contribution >= 0.6 is 11.6 Å². The fourth-order valence-electron chi connectivity index (χ4n) is 1.36. The van der Waals surface area contributed by atoms with E-state index in [-0.39, 0.29) is 23.7 Å². The van der Waals surface area contributed by atoms with Gasteiger partial charge in [0, 0.05) is 13.1 Å². The largest absolute Gasteiger partial charge is 0.467 e. The van der Waals surface area contributed by atoms with E-state index in [1.54, 1.807) is 4.90 Å². The molecule has 1 fully saturated rings. The fourth-order valence-corrected chi connectivity index (χ4v) is 1.51. The zero-order valence-electron chi connectivity index (χ0n) is 8.60. The minimum absolute atomic E-state index is 0.0489. The summed E-state index contributed by atoms with van der Waals surface area (Å²) in [5.41, 5.74) is 0. The number of halogens is 1. The average molecular weight is 244 g/mol. The van der Waals surface area contributed by atoms with E-state index in [2.05, 4.69) is 20.3 Å². The molecule has 1 saturated heterocycles. The molecule has 0 unspecified atom stereocenters. The number of nitrogens with zero attached hydrogens (tertiary/aromatic N) is 4. The Balaban J connectivity index is 2.24. The van der Waals surface area contributed by atoms with Crippen LogP contribution in [0.2, 0.25) is 5.28 Å². The molecule has 1 aliphatic heterocycles. The highest BCUT2D eigenvalue weighted by molar-refractivity contribution is 6.28. The number of carbonyl (C=O) groups excluding carboxylic acids is 1. The number of aromatic nitrogens is 3. The number of anilines is 1. The first-order chi connectivity index (χ1) is 7.69. The topological polar surface area (TPSA) is 80.2 Å². The van der Waals surface area contributed by atoms with Crippen LogP contribution in [0.15, 0.2) is 0 Å². The smallest absolute Gasteiger partial charge is 0.322 e. The van der Waals surface area contributed by atoms with Crippen LogP contribution in [-0.4, -0.2) is 47.6 Å². The van der Waals surface area contributed by atoms with Gasteiger partial charge in [0.15, 0.2) is 0 Å². The summed E-state index contributed by atoms with van der Waals surface area (Å²) in [5, 5.41) is 2.76. The molecule has 0 radical (unpaired) electrons. The SMILES string of the molecule is COc1nc(Cl)nc(N2CCNC(=O)C2)n1. The summed E-state index contributed by atoms with van der Waals surface area (Å²) >= 11 is 5.71. The molecular weight excluding hydrogens is 234 g/mol. The molecule has 0 spiro atoms. The Morgan fingerprint density at radius 2 is 2.25 bits per heavy atom. The maximum atomic E-state index is 11.2. The lowest BCUT2D eigenvalue weighted by Gasteiger charge is -2.26. The van der Waals surface area contributed by atoms with Crippen LogP contribution in [0.25, 0.3) is 0 Å². The van der Waals surface area contributed by atoms with Gasteiger partial charge in [-0.2, -0.15) is 15.0 Å². The van der Waals surface area contributed by atoms with Crippen LogP contribution in [0.1, 0.15) is 0 Å². The normalized spacial score (nSPS) is 15.9. The molecule has 8 heteroatoms. The van der Waals surface area contributed by atoms with Gasteiger partial charge in [0.05, 0.1) is 13.7 Å². The van der Waals surface area contributed by atoms with Gasteiger partial charge < -0.3 is 15.0 Å². The van der Waals surface area contributed by atoms with E-state index < -0.39 is 0 Å². The zero-order chi connectivity index (χ0) is 11.5. The third kappa shape index (κ3) is 2.30. The van der Waals surface area contributed by atoms with Crippen molar-refractivity contribution in [1.82, 2.24) is 20.3 Å². The van der Waals surface area contributed by atoms with Gasteiger partial charge in [0.25, 0.3) is 0 Å². The van der Waals surface area contributed by atoms with Crippen LogP contribution in [-0.2, 0) is 4.79 Å². The third-order valence-corrected chi connectivity index (χ3v) is 2.25. The molecule has 0 aromatic carbocycles. The Morgan fingerprint density at radius 1 is 1.44 bits per heavy atom. The number of hydrogen-bond donors (Lipinski definition) is 1. The predicted molar refractivity (Wildman–Crippen MR) is 56.6 cm³/mol. The number of carbonyl (C=O) groups is 1. The average Bonchev–Trinajstić information content (AvgIpc) is 2.28. The van der Waals surface area contributed by atoms with Crippen molar-refractivity contribution in [1.29, 1.82) is 0 Å². The molecule has 1 N–H and O–H groups in total. The van der Waals surface area contributed by atoms with Gasteiger partial charge in [0.2, 0.25) is 17.1 Å². The van der Waals surface area contributed by atoms with Gasteiger partial charge in [-0.3, -0.25) is 4.79 Å². The summed E-state index contributed by atoms with van der Waals surface area (Å²) in [6.45, 7) is 1.41. The lowest BCUT2D eigenvalue weighted by atomic mass is 10.4. The van der Waals surface area contributed by atoms with E-state index in [4.69, 9.17) is 16.3 Å². The number of methoxy groups -OCH3 is 1. The first kappa shape index (κ1) is 10.9. The van der Waals surface area contributed by atoms with Crippen molar-refractivity contribution in [3.05, 3.63) is 5.28 Å². The molecule has 0 atom stereocenters. The lowest BCUT2D eigenvalue weighted by Crippen LogP contribution is -2.48. The molecule has 2 rings (SSSR count). The maximum Gasteiger partial charge on any atom is 0.322 e. The first-order valence-electron chi connectivity index (χ1n) is 4.66. The summed E-state index contributed by atoms with van der Waals surface area (Å²) in [5.74, 6) is 0.286. The van der Waals surface area contributed by atoms with E-state index in [1.807, 2.05) is 0 Å². The highest BCUT2D eigenvalue weighted by Gasteiger charge is 2.20. The van der Waals surface area contributed by atoms with Crippen LogP contribution in [0.5, 0.6) is 6.01 Å². The minimum Gasteiger partial charge on any atom is -0.467 e. The molecule has 0 bridgehead atoms. The Labute approximate surface area is 96.8 Å². The van der Waals surface area contributed by atoms with E-state index in [9.17, 15) is 4.79 Å². The van der Waals surface area contributed by atoms with Crippen molar-refractivity contribution >= 4 is 23.5 Å². The van der Waals surface area contributed by atoms with Gasteiger partial charge in [-0.25, -0.2) is 0 Å². The van der Waals surface area contributed by atoms with Gasteiger partial charge in [-0.05, 0) is 11.6 Å². The number of rotatable bonds is 2. The van der Waals surface area contributed by atoms with Crippen molar-refractivity contribution in [2.24, 2.45) is 0 Å². The molecule has 1 amide bonds. The Morgan fingerprint density at radius 3 is 2.94 bits per heavy atom. The Kier molecular flexibility index (Phi) is 3.04. The predicted octanol–water partition coefficient (Wildman–Crippen LogP) is -0.530. The number of nitrogens with one attached hydrogen (secondary N) is 1. The second-order valence-corrected chi connectivity index (χ2v) is 3.50. The molecule has 2 heterocycles. The summed E-state index contributed by atoms with van der Waals surface area (Å²) in [7, 11) is 1.44. The molecule has 16 heavy (non-hydrogen) atoms. The zero-order valence-corrected chi connectivity index (χ0v) is 9.36. The maximum absolute atomic E-state index is 11.2. The second kappa shape index (κ2) is 4.48. The highest BCUT2D eigenvalue weighted by Crippen LogP contribution is 2.15. The number of piperazine rings is 1. The van der Waals surface area contributed by atoms with E-state index in [0.29, 0.717) is 19.0 Å². The summed E-state index contributed by atoms with van der Waals surface area (Å²) in [6.07, 6.45) is 0. The van der Waals surface area contributed by atoms with Crippen LogP contribution in [0.3, 0.4) is 0 Å². The van der Waals surface area contributed by atoms with Gasteiger partial charge in [-0.1, -0.05) is 0 Å². The molecule has 7 nitrogen and oxygen atoms in total. The van der Waals surface area contributed by atoms with Crippen molar-refractivity contribution in [2.75, 3.05) is 31.6 Å². The standard InChI is InChI=1S/C8H10ClN5O2/c1-16-8-12-6(9)11-7(13-8)14-3-2-10-5(15)4-14/h2-4H2,1H3,(H,10,15). The van der Waals surface area contributed by atoms with E-state index in [0.717, 1.165) is 0 Å². The Hall–Kier alpha value is -1.63. The van der Waals surface area contributed by atoms with Crippen molar-refractivity contribution < 1.29 is 9.53 Å². The lowest BCUT2D eigenvalue weighted by molar-refractivity contribution is -0.120. The molecule has 1 aromatic rings. The summed E-state index contributed by atoms with van der Waals surface area (Å²) < 4.78 is 4.88. The molecule has 86 valence electrons. The Bertz CT molecular complexity index is 413. The van der Waals surface area contributed by atoms with Crippen LogP contribution in [0, 0.1) is 0 Å². The van der Waals surface area contributed by atoms with Gasteiger partial charge in [-0.15, -0.1) is 0 Å². The molecule has 0 aliphatic carbocycles. The number of amides is 1. The number of ether oxygens (including phenoxy) is 1. The molecule has 1 aliphatic rings. The van der Waals surface area contributed by atoms with Crippen molar-refractivity contribution in [2.45, 2.75) is 0 Å². The van der Waals surface area contributed by atoms with Gasteiger partial charge in [0.1, 0.15) is 0 Å². The summed E-state index contributed by atoms with van der Waals surface area (Å²) in [4.78, 5) is 24.7. The van der Waals surface area contributed by atoms with Crippen LogP contribution < -0.4 is 15.0 Å². The van der Waals surface area contributed by atoms with E-state index >= 15 is 0 Å². The van der Waals surface area contributed by atoms with E-state index in [1.165, 1.54) is 7.11 Å². The van der Waals surface area contributed by atoms with Crippen molar-refractivity contribution in [3.8, 4) is 6.01 Å². The molecule has 0 saturated carbocycles. The third-order valence-electron chi connectivity index (χ3n) is 2.08. The second-order valence-electron chi connectivity index (χ2n) is 3.16.